The first-order chi connectivity index (χ1) is 10.1. The van der Waals surface area contributed by atoms with Gasteiger partial charge in [-0.3, -0.25) is 0 Å². The number of fused-ring (bicyclic) bond motifs is 1. The molecule has 2 aromatic carbocycles. The highest BCUT2D eigenvalue weighted by molar-refractivity contribution is 9.10. The lowest BCUT2D eigenvalue weighted by Gasteiger charge is -2.11. The molecule has 3 rings (SSSR count). The first-order valence-electron chi connectivity index (χ1n) is 6.26. The Balaban J connectivity index is 1.71. The van der Waals surface area contributed by atoms with Crippen LogP contribution < -0.4 is 14.8 Å². The molecule has 21 heavy (non-hydrogen) atoms. The maximum absolute atomic E-state index is 6.19. The molecule has 3 nitrogen and oxygen atoms in total. The maximum Gasteiger partial charge on any atom is 0.231 e. The first kappa shape index (κ1) is 14.6. The van der Waals surface area contributed by atoms with Gasteiger partial charge in [-0.1, -0.05) is 51.9 Å². The van der Waals surface area contributed by atoms with Gasteiger partial charge < -0.3 is 14.8 Å². The Kier molecular flexibility index (Phi) is 4.33. The molecule has 6 heteroatoms. The van der Waals surface area contributed by atoms with Crippen LogP contribution in [0, 0.1) is 0 Å². The summed E-state index contributed by atoms with van der Waals surface area (Å²) in [7, 11) is 0. The van der Waals surface area contributed by atoms with Crippen LogP contribution >= 0.6 is 39.7 Å². The quantitative estimate of drug-likeness (QED) is 0.800. The molecule has 1 heterocycles. The van der Waals surface area contributed by atoms with Crippen molar-refractivity contribution in [1.29, 1.82) is 0 Å². The van der Waals surface area contributed by atoms with Gasteiger partial charge in [0.25, 0.3) is 0 Å². The molecule has 0 unspecified atom stereocenters. The van der Waals surface area contributed by atoms with Crippen molar-refractivity contribution in [1.82, 2.24) is 5.32 Å². The van der Waals surface area contributed by atoms with E-state index in [0.29, 0.717) is 16.6 Å². The lowest BCUT2D eigenvalue weighted by molar-refractivity contribution is 0.174. The fraction of sp³-hybridized carbons (Fsp3) is 0.133. The number of thiocarbonyl (C=S) groups is 1. The highest BCUT2D eigenvalue weighted by Crippen LogP contribution is 2.32. The zero-order valence-electron chi connectivity index (χ0n) is 10.9. The van der Waals surface area contributed by atoms with Crippen LogP contribution in [0.25, 0.3) is 0 Å². The van der Waals surface area contributed by atoms with Crippen molar-refractivity contribution < 1.29 is 9.47 Å². The fourth-order valence-corrected chi connectivity index (χ4v) is 3.46. The Morgan fingerprint density at radius 1 is 1.24 bits per heavy atom. The second-order valence-corrected chi connectivity index (χ2v) is 6.14. The monoisotopic (exact) mass is 383 g/mol. The number of rotatable bonds is 3. The van der Waals surface area contributed by atoms with Crippen molar-refractivity contribution in [3.05, 3.63) is 57.0 Å². The molecule has 2 aromatic rings. The molecule has 0 aromatic heterocycles. The first-order valence-corrected chi connectivity index (χ1v) is 7.84. The normalized spacial score (nSPS) is 12.3. The van der Waals surface area contributed by atoms with Crippen molar-refractivity contribution in [2.75, 3.05) is 6.79 Å². The molecule has 1 N–H and O–H groups in total. The van der Waals surface area contributed by atoms with Crippen LogP contribution in [0.2, 0.25) is 5.02 Å². The van der Waals surface area contributed by atoms with Gasteiger partial charge in [0.2, 0.25) is 6.79 Å². The van der Waals surface area contributed by atoms with E-state index in [9.17, 15) is 0 Å². The van der Waals surface area contributed by atoms with Crippen molar-refractivity contribution in [3.8, 4) is 11.5 Å². The lowest BCUT2D eigenvalue weighted by Crippen LogP contribution is -2.22. The molecule has 0 radical (unpaired) electrons. The molecule has 0 saturated carbocycles. The Hall–Kier alpha value is -1.30. The van der Waals surface area contributed by atoms with E-state index in [1.165, 1.54) is 0 Å². The minimum Gasteiger partial charge on any atom is -0.454 e. The van der Waals surface area contributed by atoms with E-state index in [4.69, 9.17) is 33.3 Å². The van der Waals surface area contributed by atoms with Crippen LogP contribution in [-0.2, 0) is 6.54 Å². The van der Waals surface area contributed by atoms with Gasteiger partial charge >= 0.3 is 0 Å². The fourth-order valence-electron chi connectivity index (χ4n) is 2.04. The van der Waals surface area contributed by atoms with Gasteiger partial charge in [-0.25, -0.2) is 0 Å². The topological polar surface area (TPSA) is 30.5 Å². The van der Waals surface area contributed by atoms with Gasteiger partial charge in [-0.15, -0.1) is 0 Å². The van der Waals surface area contributed by atoms with E-state index in [-0.39, 0.29) is 6.79 Å². The highest BCUT2D eigenvalue weighted by atomic mass is 79.9. The highest BCUT2D eigenvalue weighted by Gasteiger charge is 2.14. The van der Waals surface area contributed by atoms with E-state index < -0.39 is 0 Å². The molecular formula is C15H11BrClNO2S. The molecule has 108 valence electrons. The van der Waals surface area contributed by atoms with Crippen LogP contribution in [0.15, 0.2) is 40.9 Å². The predicted octanol–water partition coefficient (Wildman–Crippen LogP) is 4.30. The Morgan fingerprint density at radius 3 is 2.86 bits per heavy atom. The predicted molar refractivity (Wildman–Crippen MR) is 90.3 cm³/mol. The minimum atomic E-state index is 0.275. The Morgan fingerprint density at radius 2 is 2.05 bits per heavy atom. The average molecular weight is 385 g/mol. The summed E-state index contributed by atoms with van der Waals surface area (Å²) in [6, 6.07) is 11.4. The Bertz CT molecular complexity index is 688. The molecule has 0 fully saturated rings. The van der Waals surface area contributed by atoms with Gasteiger partial charge in [0, 0.05) is 16.6 Å². The van der Waals surface area contributed by atoms with Gasteiger partial charge in [0.15, 0.2) is 11.5 Å². The van der Waals surface area contributed by atoms with Crippen LogP contribution in [0.5, 0.6) is 11.5 Å². The molecule has 0 spiro atoms. The van der Waals surface area contributed by atoms with Crippen molar-refractivity contribution in [2.45, 2.75) is 6.54 Å². The zero-order chi connectivity index (χ0) is 14.8. The van der Waals surface area contributed by atoms with Crippen LogP contribution in [0.4, 0.5) is 0 Å². The van der Waals surface area contributed by atoms with Crippen LogP contribution in [-0.4, -0.2) is 11.8 Å². The smallest absolute Gasteiger partial charge is 0.231 e. The molecule has 0 amide bonds. The minimum absolute atomic E-state index is 0.275. The van der Waals surface area contributed by atoms with E-state index >= 15 is 0 Å². The second-order valence-electron chi connectivity index (χ2n) is 4.47. The molecule has 1 aliphatic rings. The summed E-state index contributed by atoms with van der Waals surface area (Å²) in [4.78, 5) is 0.602. The van der Waals surface area contributed by atoms with E-state index in [1.54, 1.807) is 0 Å². The largest absolute Gasteiger partial charge is 0.454 e. The molecule has 0 bridgehead atoms. The summed E-state index contributed by atoms with van der Waals surface area (Å²) in [5.74, 6) is 1.54. The van der Waals surface area contributed by atoms with Gasteiger partial charge in [-0.05, 0) is 29.8 Å². The summed E-state index contributed by atoms with van der Waals surface area (Å²) in [5.41, 5.74) is 1.86. The number of benzene rings is 2. The summed E-state index contributed by atoms with van der Waals surface area (Å²) in [6.45, 7) is 0.865. The lowest BCUT2D eigenvalue weighted by atomic mass is 10.2. The third-order valence-corrected chi connectivity index (χ3v) is 4.40. The molecular weight excluding hydrogens is 374 g/mol. The van der Waals surface area contributed by atoms with Gasteiger partial charge in [0.1, 0.15) is 4.99 Å². The summed E-state index contributed by atoms with van der Waals surface area (Å²) in [6.07, 6.45) is 0. The summed E-state index contributed by atoms with van der Waals surface area (Å²) < 4.78 is 11.5. The Labute approximate surface area is 141 Å². The van der Waals surface area contributed by atoms with Crippen LogP contribution in [0.1, 0.15) is 11.1 Å². The van der Waals surface area contributed by atoms with Gasteiger partial charge in [-0.2, -0.15) is 0 Å². The third kappa shape index (κ3) is 3.15. The number of halogens is 2. The summed E-state index contributed by atoms with van der Waals surface area (Å²) in [5, 5.41) is 3.83. The van der Waals surface area contributed by atoms with Crippen molar-refractivity contribution in [3.63, 3.8) is 0 Å². The SMILES string of the molecule is S=C(NCc1ccc2c(c1)OCO2)c1c(Cl)cccc1Br. The standard InChI is InChI=1S/C15H11BrClNO2S/c16-10-2-1-3-11(17)14(10)15(21)18-7-9-4-5-12-13(6-9)20-8-19-12/h1-6H,7-8H2,(H,18,21). The third-order valence-electron chi connectivity index (χ3n) is 3.08. The number of hydrogen-bond acceptors (Lipinski definition) is 3. The molecule has 0 saturated heterocycles. The number of hydrogen-bond donors (Lipinski definition) is 1. The van der Waals surface area contributed by atoms with Crippen molar-refractivity contribution in [2.24, 2.45) is 0 Å². The molecule has 1 aliphatic heterocycles. The number of nitrogens with one attached hydrogen (secondary N) is 1. The molecule has 0 aliphatic carbocycles. The van der Waals surface area contributed by atoms with Gasteiger partial charge in [0.05, 0.1) is 5.02 Å². The van der Waals surface area contributed by atoms with E-state index in [0.717, 1.165) is 27.1 Å². The zero-order valence-corrected chi connectivity index (χ0v) is 14.0. The average Bonchev–Trinajstić information content (AvgIpc) is 2.92. The van der Waals surface area contributed by atoms with E-state index in [1.807, 2.05) is 36.4 Å². The molecule has 0 atom stereocenters. The van der Waals surface area contributed by atoms with Crippen LogP contribution in [0.3, 0.4) is 0 Å². The second kappa shape index (κ2) is 6.22. The van der Waals surface area contributed by atoms with Crippen molar-refractivity contribution >= 4 is 44.7 Å². The maximum atomic E-state index is 6.19. The van der Waals surface area contributed by atoms with E-state index in [2.05, 4.69) is 21.2 Å². The number of ether oxygens (including phenoxy) is 2. The summed E-state index contributed by atoms with van der Waals surface area (Å²) >= 11 is 15.1.